The normalized spacial score (nSPS) is 17.3. The molecule has 0 aliphatic heterocycles. The molecule has 1 amide bonds. The second kappa shape index (κ2) is 5.53. The fourth-order valence-electron chi connectivity index (χ4n) is 2.83. The lowest BCUT2D eigenvalue weighted by molar-refractivity contribution is 0.102. The van der Waals surface area contributed by atoms with Crippen molar-refractivity contribution in [2.45, 2.75) is 33.1 Å². The fraction of sp³-hybridized carbons (Fsp3) is 0.353. The van der Waals surface area contributed by atoms with Gasteiger partial charge in [0.2, 0.25) is 0 Å². The molecule has 2 aromatic rings. The first-order valence-corrected chi connectivity index (χ1v) is 8.19. The smallest absolute Gasteiger partial charge is 0.256 e. The molecular formula is C17H20N2OS. The van der Waals surface area contributed by atoms with Gasteiger partial charge in [0.1, 0.15) is 0 Å². The number of carbonyl (C=O) groups is 1. The van der Waals surface area contributed by atoms with E-state index in [4.69, 9.17) is 5.73 Å². The molecule has 0 fully saturated rings. The summed E-state index contributed by atoms with van der Waals surface area (Å²) in [5.41, 5.74) is 10.4. The van der Waals surface area contributed by atoms with Gasteiger partial charge in [-0.25, -0.2) is 0 Å². The molecule has 4 heteroatoms. The van der Waals surface area contributed by atoms with Crippen LogP contribution in [0.2, 0.25) is 0 Å². The number of nitrogens with two attached hydrogens (primary N) is 1. The van der Waals surface area contributed by atoms with Gasteiger partial charge in [0, 0.05) is 21.6 Å². The SMILES string of the molecule is Cc1ccc(N)cc1NC(=O)c1csc2c1CCC(C)C2. The maximum Gasteiger partial charge on any atom is 0.256 e. The van der Waals surface area contributed by atoms with Gasteiger partial charge >= 0.3 is 0 Å². The average Bonchev–Trinajstić information content (AvgIpc) is 2.85. The molecule has 110 valence electrons. The van der Waals surface area contributed by atoms with E-state index in [2.05, 4.69) is 12.2 Å². The van der Waals surface area contributed by atoms with Crippen molar-refractivity contribution in [3.8, 4) is 0 Å². The van der Waals surface area contributed by atoms with Crippen LogP contribution in [0, 0.1) is 12.8 Å². The summed E-state index contributed by atoms with van der Waals surface area (Å²) in [6, 6.07) is 5.59. The van der Waals surface area contributed by atoms with Crippen LogP contribution in [0.25, 0.3) is 0 Å². The predicted molar refractivity (Wildman–Crippen MR) is 89.1 cm³/mol. The molecule has 1 heterocycles. The third kappa shape index (κ3) is 2.81. The van der Waals surface area contributed by atoms with E-state index in [0.29, 0.717) is 5.69 Å². The second-order valence-corrected chi connectivity index (χ2v) is 6.89. The Hall–Kier alpha value is -1.81. The highest BCUT2D eigenvalue weighted by atomic mass is 32.1. The molecule has 3 rings (SSSR count). The highest BCUT2D eigenvalue weighted by Gasteiger charge is 2.23. The molecule has 3 N–H and O–H groups in total. The van der Waals surface area contributed by atoms with Gasteiger partial charge in [-0.1, -0.05) is 13.0 Å². The van der Waals surface area contributed by atoms with E-state index in [1.165, 1.54) is 16.9 Å². The van der Waals surface area contributed by atoms with Gasteiger partial charge in [-0.3, -0.25) is 4.79 Å². The van der Waals surface area contributed by atoms with E-state index in [0.717, 1.165) is 35.6 Å². The molecule has 0 radical (unpaired) electrons. The zero-order valence-electron chi connectivity index (χ0n) is 12.4. The lowest BCUT2D eigenvalue weighted by Crippen LogP contribution is -2.17. The lowest BCUT2D eigenvalue weighted by atomic mass is 9.88. The molecule has 0 saturated heterocycles. The molecule has 21 heavy (non-hydrogen) atoms. The van der Waals surface area contributed by atoms with E-state index in [-0.39, 0.29) is 5.91 Å². The topological polar surface area (TPSA) is 55.1 Å². The van der Waals surface area contributed by atoms with Gasteiger partial charge in [0.15, 0.2) is 0 Å². The standard InChI is InChI=1S/C17H20N2OS/c1-10-3-6-13-14(9-21-16(13)7-10)17(20)19-15-8-12(18)5-4-11(15)2/h4-5,8-10H,3,6-7,18H2,1-2H3,(H,19,20). The van der Waals surface area contributed by atoms with E-state index in [1.54, 1.807) is 11.3 Å². The summed E-state index contributed by atoms with van der Waals surface area (Å²) in [5.74, 6) is 0.707. The predicted octanol–water partition coefficient (Wildman–Crippen LogP) is 4.02. The highest BCUT2D eigenvalue weighted by Crippen LogP contribution is 2.33. The first kappa shape index (κ1) is 14.1. The van der Waals surface area contributed by atoms with Crippen molar-refractivity contribution in [3.63, 3.8) is 0 Å². The van der Waals surface area contributed by atoms with Gasteiger partial charge < -0.3 is 11.1 Å². The van der Waals surface area contributed by atoms with E-state index in [9.17, 15) is 4.79 Å². The minimum Gasteiger partial charge on any atom is -0.399 e. The quantitative estimate of drug-likeness (QED) is 0.823. The number of thiophene rings is 1. The summed E-state index contributed by atoms with van der Waals surface area (Å²) >= 11 is 1.72. The van der Waals surface area contributed by atoms with Crippen molar-refractivity contribution < 1.29 is 4.79 Å². The first-order valence-electron chi connectivity index (χ1n) is 7.31. The summed E-state index contributed by atoms with van der Waals surface area (Å²) in [4.78, 5) is 13.9. The monoisotopic (exact) mass is 300 g/mol. The van der Waals surface area contributed by atoms with Gasteiger partial charge in [-0.2, -0.15) is 0 Å². The second-order valence-electron chi connectivity index (χ2n) is 5.93. The molecule has 0 spiro atoms. The minimum atomic E-state index is -0.0178. The third-order valence-corrected chi connectivity index (χ3v) is 5.21. The van der Waals surface area contributed by atoms with Gasteiger partial charge in [-0.05, 0) is 55.4 Å². The highest BCUT2D eigenvalue weighted by molar-refractivity contribution is 7.10. The molecule has 1 aromatic carbocycles. The minimum absolute atomic E-state index is 0.0178. The number of amides is 1. The summed E-state index contributed by atoms with van der Waals surface area (Å²) in [6.07, 6.45) is 3.28. The van der Waals surface area contributed by atoms with Crippen LogP contribution in [0.15, 0.2) is 23.6 Å². The van der Waals surface area contributed by atoms with Crippen molar-refractivity contribution >= 4 is 28.6 Å². The molecular weight excluding hydrogens is 280 g/mol. The molecule has 0 bridgehead atoms. The van der Waals surface area contributed by atoms with Crippen LogP contribution in [0.4, 0.5) is 11.4 Å². The van der Waals surface area contributed by atoms with Crippen LogP contribution in [0.5, 0.6) is 0 Å². The molecule has 1 unspecified atom stereocenters. The molecule has 1 atom stereocenters. The van der Waals surface area contributed by atoms with Gasteiger partial charge in [0.05, 0.1) is 5.56 Å². The summed E-state index contributed by atoms with van der Waals surface area (Å²) in [6.45, 7) is 4.25. The van der Waals surface area contributed by atoms with Crippen molar-refractivity contribution in [1.29, 1.82) is 0 Å². The Morgan fingerprint density at radius 1 is 1.43 bits per heavy atom. The maximum absolute atomic E-state index is 12.5. The number of aryl methyl sites for hydroxylation is 1. The van der Waals surface area contributed by atoms with Crippen molar-refractivity contribution in [1.82, 2.24) is 0 Å². The Bertz CT molecular complexity index is 690. The summed E-state index contributed by atoms with van der Waals surface area (Å²) in [7, 11) is 0. The third-order valence-electron chi connectivity index (χ3n) is 4.16. The number of anilines is 2. The van der Waals surface area contributed by atoms with Crippen LogP contribution in [-0.4, -0.2) is 5.91 Å². The fourth-order valence-corrected chi connectivity index (χ4v) is 4.08. The van der Waals surface area contributed by atoms with Crippen LogP contribution in [0.1, 0.15) is 39.7 Å². The average molecular weight is 300 g/mol. The first-order chi connectivity index (χ1) is 10.0. The molecule has 0 saturated carbocycles. The van der Waals surface area contributed by atoms with Crippen LogP contribution >= 0.6 is 11.3 Å². The Balaban J connectivity index is 1.85. The largest absolute Gasteiger partial charge is 0.399 e. The van der Waals surface area contributed by atoms with E-state index in [1.807, 2.05) is 30.5 Å². The maximum atomic E-state index is 12.5. The molecule has 1 aliphatic rings. The number of benzene rings is 1. The molecule has 1 aliphatic carbocycles. The number of carbonyl (C=O) groups excluding carboxylic acids is 1. The number of fused-ring (bicyclic) bond motifs is 1. The van der Waals surface area contributed by atoms with Crippen LogP contribution in [0.3, 0.4) is 0 Å². The van der Waals surface area contributed by atoms with Crippen molar-refractivity contribution in [2.75, 3.05) is 11.1 Å². The lowest BCUT2D eigenvalue weighted by Gasteiger charge is -2.19. The number of nitrogen functional groups attached to an aromatic ring is 1. The van der Waals surface area contributed by atoms with Gasteiger partial charge in [-0.15, -0.1) is 11.3 Å². The Morgan fingerprint density at radius 3 is 3.05 bits per heavy atom. The zero-order chi connectivity index (χ0) is 15.0. The number of nitrogens with one attached hydrogen (secondary N) is 1. The molecule has 3 nitrogen and oxygen atoms in total. The van der Waals surface area contributed by atoms with Crippen molar-refractivity contribution in [3.05, 3.63) is 45.1 Å². The number of hydrogen-bond donors (Lipinski definition) is 2. The zero-order valence-corrected chi connectivity index (χ0v) is 13.2. The summed E-state index contributed by atoms with van der Waals surface area (Å²) < 4.78 is 0. The van der Waals surface area contributed by atoms with Crippen LogP contribution in [-0.2, 0) is 12.8 Å². The van der Waals surface area contributed by atoms with Crippen molar-refractivity contribution in [2.24, 2.45) is 5.92 Å². The van der Waals surface area contributed by atoms with E-state index < -0.39 is 0 Å². The van der Waals surface area contributed by atoms with Gasteiger partial charge in [0.25, 0.3) is 5.91 Å². The van der Waals surface area contributed by atoms with Crippen LogP contribution < -0.4 is 11.1 Å². The number of hydrogen-bond acceptors (Lipinski definition) is 3. The Kier molecular flexibility index (Phi) is 3.72. The van der Waals surface area contributed by atoms with E-state index >= 15 is 0 Å². The summed E-state index contributed by atoms with van der Waals surface area (Å²) in [5, 5.41) is 5.00. The Morgan fingerprint density at radius 2 is 2.24 bits per heavy atom. The number of rotatable bonds is 2. The molecule has 1 aromatic heterocycles. The Labute approximate surface area is 129 Å².